The number of hydrogen-bond donors (Lipinski definition) is 1. The third-order valence-electron chi connectivity index (χ3n) is 4.07. The molecule has 2 rings (SSSR count). The lowest BCUT2D eigenvalue weighted by molar-refractivity contribution is 0.0944. The van der Waals surface area contributed by atoms with Crippen molar-refractivity contribution in [2.45, 2.75) is 33.6 Å². The molecular weight excluding hydrogens is 288 g/mol. The van der Waals surface area contributed by atoms with Crippen molar-refractivity contribution in [2.75, 3.05) is 26.2 Å². The SMILES string of the molecule is CCN(CC)CCNC(=O)c1cnc2cc(C(C)C)ccc2n1. The second-order valence-corrected chi connectivity index (χ2v) is 5.94. The number of likely N-dealkylation sites (N-methyl/N-ethyl adjacent to an activating group) is 1. The van der Waals surface area contributed by atoms with Crippen molar-refractivity contribution in [3.05, 3.63) is 35.7 Å². The Labute approximate surface area is 138 Å². The number of nitrogens with one attached hydrogen (secondary N) is 1. The van der Waals surface area contributed by atoms with E-state index in [9.17, 15) is 4.79 Å². The molecule has 0 fully saturated rings. The van der Waals surface area contributed by atoms with Crippen LogP contribution in [0.5, 0.6) is 0 Å². The van der Waals surface area contributed by atoms with Crippen molar-refractivity contribution in [1.82, 2.24) is 20.2 Å². The van der Waals surface area contributed by atoms with E-state index in [0.717, 1.165) is 30.7 Å². The molecule has 124 valence electrons. The Kier molecular flexibility index (Phi) is 6.04. The highest BCUT2D eigenvalue weighted by molar-refractivity contribution is 5.93. The monoisotopic (exact) mass is 314 g/mol. The molecule has 1 N–H and O–H groups in total. The number of rotatable bonds is 7. The summed E-state index contributed by atoms with van der Waals surface area (Å²) in [5.74, 6) is 0.281. The summed E-state index contributed by atoms with van der Waals surface area (Å²) in [5.41, 5.74) is 3.18. The van der Waals surface area contributed by atoms with Gasteiger partial charge in [-0.15, -0.1) is 0 Å². The van der Waals surface area contributed by atoms with Crippen LogP contribution in [0.15, 0.2) is 24.4 Å². The van der Waals surface area contributed by atoms with Crippen LogP contribution < -0.4 is 5.32 Å². The molecule has 1 amide bonds. The molecule has 0 unspecified atom stereocenters. The fourth-order valence-electron chi connectivity index (χ4n) is 2.45. The second kappa shape index (κ2) is 8.02. The van der Waals surface area contributed by atoms with Gasteiger partial charge in [0.1, 0.15) is 5.69 Å². The molecule has 0 aliphatic heterocycles. The fourth-order valence-corrected chi connectivity index (χ4v) is 2.45. The summed E-state index contributed by atoms with van der Waals surface area (Å²) in [6.07, 6.45) is 1.55. The number of nitrogens with zero attached hydrogens (tertiary/aromatic N) is 3. The highest BCUT2D eigenvalue weighted by Gasteiger charge is 2.10. The van der Waals surface area contributed by atoms with Crippen molar-refractivity contribution in [1.29, 1.82) is 0 Å². The van der Waals surface area contributed by atoms with Crippen LogP contribution in [0, 0.1) is 0 Å². The van der Waals surface area contributed by atoms with E-state index >= 15 is 0 Å². The number of hydrogen-bond acceptors (Lipinski definition) is 4. The first-order valence-electron chi connectivity index (χ1n) is 8.32. The van der Waals surface area contributed by atoms with E-state index < -0.39 is 0 Å². The first-order valence-corrected chi connectivity index (χ1v) is 8.32. The van der Waals surface area contributed by atoms with E-state index in [1.54, 1.807) is 6.20 Å². The Bertz CT molecular complexity index is 665. The molecule has 1 heterocycles. The van der Waals surface area contributed by atoms with E-state index in [4.69, 9.17) is 0 Å². The molecule has 0 saturated carbocycles. The molecule has 5 nitrogen and oxygen atoms in total. The van der Waals surface area contributed by atoms with Crippen LogP contribution in [-0.4, -0.2) is 47.0 Å². The van der Waals surface area contributed by atoms with E-state index in [1.165, 1.54) is 5.56 Å². The van der Waals surface area contributed by atoms with Gasteiger partial charge in [-0.25, -0.2) is 4.98 Å². The predicted octanol–water partition coefficient (Wildman–Crippen LogP) is 2.82. The molecule has 5 heteroatoms. The molecule has 2 aromatic rings. The van der Waals surface area contributed by atoms with Crippen molar-refractivity contribution in [3.63, 3.8) is 0 Å². The van der Waals surface area contributed by atoms with Crippen molar-refractivity contribution >= 4 is 16.9 Å². The lowest BCUT2D eigenvalue weighted by atomic mass is 10.0. The maximum absolute atomic E-state index is 12.2. The Hall–Kier alpha value is -2.01. The molecule has 1 aromatic carbocycles. The largest absolute Gasteiger partial charge is 0.349 e. The third-order valence-corrected chi connectivity index (χ3v) is 4.07. The van der Waals surface area contributed by atoms with Crippen LogP contribution in [0.3, 0.4) is 0 Å². The summed E-state index contributed by atoms with van der Waals surface area (Å²) in [6, 6.07) is 6.02. The zero-order valence-electron chi connectivity index (χ0n) is 14.5. The highest BCUT2D eigenvalue weighted by atomic mass is 16.1. The summed E-state index contributed by atoms with van der Waals surface area (Å²) in [6.45, 7) is 12.0. The first-order chi connectivity index (χ1) is 11.0. The van der Waals surface area contributed by atoms with Gasteiger partial charge >= 0.3 is 0 Å². The predicted molar refractivity (Wildman–Crippen MR) is 93.7 cm³/mol. The van der Waals surface area contributed by atoms with E-state index in [1.807, 2.05) is 18.2 Å². The molecule has 0 spiro atoms. The third kappa shape index (κ3) is 4.48. The van der Waals surface area contributed by atoms with Gasteiger partial charge in [0.15, 0.2) is 0 Å². The lowest BCUT2D eigenvalue weighted by Gasteiger charge is -2.17. The Morgan fingerprint density at radius 3 is 2.61 bits per heavy atom. The van der Waals surface area contributed by atoms with Gasteiger partial charge in [0.25, 0.3) is 5.91 Å². The van der Waals surface area contributed by atoms with E-state index in [0.29, 0.717) is 18.2 Å². The minimum Gasteiger partial charge on any atom is -0.349 e. The Morgan fingerprint density at radius 1 is 1.22 bits per heavy atom. The topological polar surface area (TPSA) is 58.1 Å². The number of benzene rings is 1. The Morgan fingerprint density at radius 2 is 1.96 bits per heavy atom. The molecule has 0 bridgehead atoms. The van der Waals surface area contributed by atoms with Crippen LogP contribution in [0.25, 0.3) is 11.0 Å². The zero-order valence-corrected chi connectivity index (χ0v) is 14.5. The molecular formula is C18H26N4O. The minimum atomic E-state index is -0.167. The zero-order chi connectivity index (χ0) is 16.8. The summed E-state index contributed by atoms with van der Waals surface area (Å²) in [4.78, 5) is 23.3. The van der Waals surface area contributed by atoms with Crippen LogP contribution in [0.2, 0.25) is 0 Å². The smallest absolute Gasteiger partial charge is 0.271 e. The van der Waals surface area contributed by atoms with Gasteiger partial charge in [-0.2, -0.15) is 0 Å². The summed E-state index contributed by atoms with van der Waals surface area (Å²) in [7, 11) is 0. The number of fused-ring (bicyclic) bond motifs is 1. The first kappa shape index (κ1) is 17.3. The van der Waals surface area contributed by atoms with E-state index in [-0.39, 0.29) is 5.91 Å². The van der Waals surface area contributed by atoms with Crippen LogP contribution >= 0.6 is 0 Å². The number of aromatic nitrogens is 2. The summed E-state index contributed by atoms with van der Waals surface area (Å²) >= 11 is 0. The van der Waals surface area contributed by atoms with E-state index in [2.05, 4.69) is 47.9 Å². The standard InChI is InChI=1S/C18H26N4O/c1-5-22(6-2)10-9-19-18(23)17-12-20-16-11-14(13(3)4)7-8-15(16)21-17/h7-8,11-13H,5-6,9-10H2,1-4H3,(H,19,23). The normalized spacial score (nSPS) is 11.4. The van der Waals surface area contributed by atoms with Gasteiger partial charge in [0.05, 0.1) is 17.2 Å². The van der Waals surface area contributed by atoms with Crippen molar-refractivity contribution < 1.29 is 4.79 Å². The van der Waals surface area contributed by atoms with Gasteiger partial charge in [-0.1, -0.05) is 33.8 Å². The average molecular weight is 314 g/mol. The maximum atomic E-state index is 12.2. The van der Waals surface area contributed by atoms with Gasteiger partial charge in [0, 0.05) is 13.1 Å². The van der Waals surface area contributed by atoms with Gasteiger partial charge in [-0.3, -0.25) is 9.78 Å². The second-order valence-electron chi connectivity index (χ2n) is 5.94. The molecule has 0 atom stereocenters. The molecule has 0 aliphatic rings. The average Bonchev–Trinajstić information content (AvgIpc) is 2.57. The summed E-state index contributed by atoms with van der Waals surface area (Å²) < 4.78 is 0. The van der Waals surface area contributed by atoms with Gasteiger partial charge in [0.2, 0.25) is 0 Å². The number of carbonyl (C=O) groups is 1. The van der Waals surface area contributed by atoms with Gasteiger partial charge < -0.3 is 10.2 Å². The number of carbonyl (C=O) groups excluding carboxylic acids is 1. The quantitative estimate of drug-likeness (QED) is 0.854. The fraction of sp³-hybridized carbons (Fsp3) is 0.500. The van der Waals surface area contributed by atoms with Crippen molar-refractivity contribution in [2.24, 2.45) is 0 Å². The number of amides is 1. The highest BCUT2D eigenvalue weighted by Crippen LogP contribution is 2.18. The van der Waals surface area contributed by atoms with Crippen LogP contribution in [-0.2, 0) is 0 Å². The Balaban J connectivity index is 2.05. The summed E-state index contributed by atoms with van der Waals surface area (Å²) in [5, 5.41) is 2.91. The molecule has 0 saturated heterocycles. The molecule has 1 aromatic heterocycles. The maximum Gasteiger partial charge on any atom is 0.271 e. The lowest BCUT2D eigenvalue weighted by Crippen LogP contribution is -2.35. The van der Waals surface area contributed by atoms with Gasteiger partial charge in [-0.05, 0) is 36.7 Å². The van der Waals surface area contributed by atoms with Crippen molar-refractivity contribution in [3.8, 4) is 0 Å². The van der Waals surface area contributed by atoms with Crippen LogP contribution in [0.1, 0.15) is 49.7 Å². The molecule has 0 radical (unpaired) electrons. The minimum absolute atomic E-state index is 0.167. The molecule has 0 aliphatic carbocycles. The van der Waals surface area contributed by atoms with Crippen LogP contribution in [0.4, 0.5) is 0 Å². The molecule has 23 heavy (non-hydrogen) atoms.